The summed E-state index contributed by atoms with van der Waals surface area (Å²) in [4.78, 5) is 10.9. The van der Waals surface area contributed by atoms with E-state index in [0.717, 1.165) is 16.7 Å². The lowest BCUT2D eigenvalue weighted by atomic mass is 10.1. The van der Waals surface area contributed by atoms with E-state index in [0.29, 0.717) is 12.8 Å². The van der Waals surface area contributed by atoms with Crippen LogP contribution in [-0.4, -0.2) is 12.1 Å². The Morgan fingerprint density at radius 3 is 2.69 bits per heavy atom. The third-order valence-electron chi connectivity index (χ3n) is 2.60. The summed E-state index contributed by atoms with van der Waals surface area (Å²) >= 11 is 11.6. The Hall–Kier alpha value is -0.730. The first-order valence-electron chi connectivity index (χ1n) is 4.99. The van der Waals surface area contributed by atoms with E-state index in [-0.39, 0.29) is 16.6 Å². The minimum atomic E-state index is -0.297. The standard InChI is InChI=1S/C12H14Cl2O2/c1-4-5-9-7(2)11(16-8(3)15)6-10(9)12(13)14/h4,11H,1,5-6H2,2-3H3. The summed E-state index contributed by atoms with van der Waals surface area (Å²) in [5.74, 6) is -0.297. The van der Waals surface area contributed by atoms with E-state index < -0.39 is 0 Å². The van der Waals surface area contributed by atoms with Crippen molar-refractivity contribution in [2.45, 2.75) is 32.8 Å². The molecule has 4 heteroatoms. The van der Waals surface area contributed by atoms with Gasteiger partial charge in [-0.2, -0.15) is 0 Å². The number of carbonyl (C=O) groups is 1. The molecule has 0 radical (unpaired) electrons. The van der Waals surface area contributed by atoms with E-state index >= 15 is 0 Å². The van der Waals surface area contributed by atoms with Crippen molar-refractivity contribution in [3.8, 4) is 0 Å². The summed E-state index contributed by atoms with van der Waals surface area (Å²) in [6.45, 7) is 7.01. The van der Waals surface area contributed by atoms with E-state index in [9.17, 15) is 4.79 Å². The summed E-state index contributed by atoms with van der Waals surface area (Å²) in [6, 6.07) is 0. The van der Waals surface area contributed by atoms with Gasteiger partial charge in [0.05, 0.1) is 0 Å². The van der Waals surface area contributed by atoms with Gasteiger partial charge in [0.25, 0.3) is 0 Å². The van der Waals surface area contributed by atoms with Crippen LogP contribution in [0.2, 0.25) is 0 Å². The SMILES string of the molecule is C=CCC1=C(C)C(OC(C)=O)CC1=C(Cl)Cl. The van der Waals surface area contributed by atoms with Gasteiger partial charge in [0.1, 0.15) is 10.6 Å². The molecule has 1 aliphatic rings. The van der Waals surface area contributed by atoms with Crippen molar-refractivity contribution >= 4 is 29.2 Å². The topological polar surface area (TPSA) is 26.3 Å². The predicted octanol–water partition coefficient (Wildman–Crippen LogP) is 3.90. The molecule has 0 fully saturated rings. The zero-order valence-corrected chi connectivity index (χ0v) is 10.9. The quantitative estimate of drug-likeness (QED) is 0.568. The maximum atomic E-state index is 10.9. The van der Waals surface area contributed by atoms with Gasteiger partial charge in [-0.05, 0) is 30.1 Å². The van der Waals surface area contributed by atoms with Gasteiger partial charge in [-0.15, -0.1) is 6.58 Å². The van der Waals surface area contributed by atoms with E-state index in [4.69, 9.17) is 27.9 Å². The molecule has 0 saturated carbocycles. The number of halogens is 2. The summed E-state index contributed by atoms with van der Waals surface area (Å²) in [6.07, 6.45) is 2.78. The molecular formula is C12H14Cl2O2. The van der Waals surface area contributed by atoms with Crippen LogP contribution in [0.25, 0.3) is 0 Å². The van der Waals surface area contributed by atoms with Crippen molar-refractivity contribution in [1.29, 1.82) is 0 Å². The third kappa shape index (κ3) is 2.89. The van der Waals surface area contributed by atoms with E-state index in [2.05, 4.69) is 6.58 Å². The molecule has 1 rings (SSSR count). The second-order valence-corrected chi connectivity index (χ2v) is 4.64. The normalized spacial score (nSPS) is 20.0. The van der Waals surface area contributed by atoms with Gasteiger partial charge >= 0.3 is 5.97 Å². The Labute approximate surface area is 106 Å². The first-order valence-corrected chi connectivity index (χ1v) is 5.75. The zero-order chi connectivity index (χ0) is 12.3. The molecule has 1 unspecified atom stereocenters. The highest BCUT2D eigenvalue weighted by Gasteiger charge is 2.29. The van der Waals surface area contributed by atoms with Gasteiger partial charge in [0, 0.05) is 13.3 Å². The lowest BCUT2D eigenvalue weighted by molar-refractivity contribution is -0.144. The number of rotatable bonds is 3. The van der Waals surface area contributed by atoms with Crippen LogP contribution in [-0.2, 0) is 9.53 Å². The fourth-order valence-electron chi connectivity index (χ4n) is 1.84. The molecule has 0 aromatic rings. The van der Waals surface area contributed by atoms with Gasteiger partial charge in [0.2, 0.25) is 0 Å². The van der Waals surface area contributed by atoms with Gasteiger partial charge in [0.15, 0.2) is 0 Å². The van der Waals surface area contributed by atoms with Crippen LogP contribution in [0, 0.1) is 0 Å². The molecule has 2 nitrogen and oxygen atoms in total. The zero-order valence-electron chi connectivity index (χ0n) is 9.35. The maximum absolute atomic E-state index is 10.9. The maximum Gasteiger partial charge on any atom is 0.303 e. The first-order chi connectivity index (χ1) is 7.47. The van der Waals surface area contributed by atoms with Crippen molar-refractivity contribution in [3.63, 3.8) is 0 Å². The monoisotopic (exact) mass is 260 g/mol. The number of esters is 1. The molecule has 0 aliphatic heterocycles. The van der Waals surface area contributed by atoms with Gasteiger partial charge in [-0.25, -0.2) is 0 Å². The number of ether oxygens (including phenoxy) is 1. The van der Waals surface area contributed by atoms with Crippen LogP contribution < -0.4 is 0 Å². The minimum absolute atomic E-state index is 0.241. The van der Waals surface area contributed by atoms with Gasteiger partial charge in [-0.1, -0.05) is 29.3 Å². The highest BCUT2D eigenvalue weighted by atomic mass is 35.5. The third-order valence-corrected chi connectivity index (χ3v) is 3.05. The van der Waals surface area contributed by atoms with Crippen LogP contribution in [0.4, 0.5) is 0 Å². The van der Waals surface area contributed by atoms with Crippen molar-refractivity contribution < 1.29 is 9.53 Å². The average molecular weight is 261 g/mol. The fraction of sp³-hybridized carbons (Fsp3) is 0.417. The van der Waals surface area contributed by atoms with Crippen LogP contribution in [0.1, 0.15) is 26.7 Å². The second-order valence-electron chi connectivity index (χ2n) is 3.70. The second kappa shape index (κ2) is 5.55. The summed E-state index contributed by atoms with van der Waals surface area (Å²) < 4.78 is 5.44. The molecule has 1 atom stereocenters. The fourth-order valence-corrected chi connectivity index (χ4v) is 2.23. The molecule has 0 N–H and O–H groups in total. The van der Waals surface area contributed by atoms with E-state index in [1.54, 1.807) is 6.08 Å². The minimum Gasteiger partial charge on any atom is -0.458 e. The molecule has 1 aliphatic carbocycles. The molecule has 0 aromatic heterocycles. The molecule has 0 aromatic carbocycles. The Kier molecular flexibility index (Phi) is 4.63. The first kappa shape index (κ1) is 13.3. The predicted molar refractivity (Wildman–Crippen MR) is 66.4 cm³/mol. The molecule has 88 valence electrons. The van der Waals surface area contributed by atoms with Gasteiger partial charge < -0.3 is 4.74 Å². The smallest absolute Gasteiger partial charge is 0.303 e. The number of carbonyl (C=O) groups excluding carboxylic acids is 1. The lowest BCUT2D eigenvalue weighted by Gasteiger charge is -2.11. The Morgan fingerprint density at radius 2 is 2.25 bits per heavy atom. The van der Waals surface area contributed by atoms with Crippen molar-refractivity contribution in [3.05, 3.63) is 33.9 Å². The highest BCUT2D eigenvalue weighted by Crippen LogP contribution is 2.39. The lowest BCUT2D eigenvalue weighted by Crippen LogP contribution is -2.14. The molecule has 0 heterocycles. The average Bonchev–Trinajstić information content (AvgIpc) is 2.46. The summed E-state index contributed by atoms with van der Waals surface area (Å²) in [7, 11) is 0. The van der Waals surface area contributed by atoms with E-state index in [1.807, 2.05) is 6.92 Å². The van der Waals surface area contributed by atoms with Crippen LogP contribution in [0.15, 0.2) is 33.9 Å². The molecule has 16 heavy (non-hydrogen) atoms. The van der Waals surface area contributed by atoms with E-state index in [1.165, 1.54) is 6.92 Å². The Morgan fingerprint density at radius 1 is 1.62 bits per heavy atom. The summed E-state index contributed by atoms with van der Waals surface area (Å²) in [5.41, 5.74) is 2.89. The van der Waals surface area contributed by atoms with Gasteiger partial charge in [-0.3, -0.25) is 4.79 Å². The molecule has 0 saturated heterocycles. The van der Waals surface area contributed by atoms with Crippen molar-refractivity contribution in [1.82, 2.24) is 0 Å². The highest BCUT2D eigenvalue weighted by molar-refractivity contribution is 6.56. The largest absolute Gasteiger partial charge is 0.458 e. The number of hydrogen-bond donors (Lipinski definition) is 0. The van der Waals surface area contributed by atoms with Crippen LogP contribution in [0.3, 0.4) is 0 Å². The summed E-state index contributed by atoms with van der Waals surface area (Å²) in [5, 5.41) is 0. The number of hydrogen-bond acceptors (Lipinski definition) is 2. The van der Waals surface area contributed by atoms with Crippen molar-refractivity contribution in [2.75, 3.05) is 0 Å². The number of allylic oxidation sites excluding steroid dienone is 2. The van der Waals surface area contributed by atoms with Crippen LogP contribution >= 0.6 is 23.2 Å². The molecule has 0 spiro atoms. The van der Waals surface area contributed by atoms with Crippen LogP contribution in [0.5, 0.6) is 0 Å². The molecule has 0 bridgehead atoms. The Balaban J connectivity index is 3.02. The molecule has 0 amide bonds. The van der Waals surface area contributed by atoms with Crippen molar-refractivity contribution in [2.24, 2.45) is 0 Å². The Bertz CT molecular complexity index is 376. The molecular weight excluding hydrogens is 247 g/mol.